The van der Waals surface area contributed by atoms with Gasteiger partial charge in [-0.15, -0.1) is 0 Å². The average Bonchev–Trinajstić information content (AvgIpc) is 3.68. The first kappa shape index (κ1) is 35.7. The van der Waals surface area contributed by atoms with E-state index in [0.717, 1.165) is 22.7 Å². The van der Waals surface area contributed by atoms with Gasteiger partial charge in [0.15, 0.2) is 0 Å². The Morgan fingerprint density at radius 2 is 0.774 bits per heavy atom. The maximum atomic E-state index is 2.42. The van der Waals surface area contributed by atoms with Crippen LogP contribution in [0, 0.1) is 0 Å². The lowest BCUT2D eigenvalue weighted by molar-refractivity contribution is 1.18. The first-order valence-electron chi connectivity index (χ1n) is 21.3. The molecule has 0 aliphatic heterocycles. The average molecular weight is 789 g/mol. The summed E-state index contributed by atoms with van der Waals surface area (Å²) < 4.78 is 2.42. The molecule has 0 aliphatic carbocycles. The Labute approximate surface area is 360 Å². The van der Waals surface area contributed by atoms with Crippen molar-refractivity contribution in [2.75, 3.05) is 4.90 Å². The summed E-state index contributed by atoms with van der Waals surface area (Å²) in [5, 5.41) is 9.97. The fourth-order valence-corrected chi connectivity index (χ4v) is 9.70. The second-order valence-corrected chi connectivity index (χ2v) is 16.1. The normalized spacial score (nSPS) is 11.5. The largest absolute Gasteiger partial charge is 0.310 e. The molecule has 0 unspecified atom stereocenters. The molecule has 12 rings (SSSR count). The van der Waals surface area contributed by atoms with Crippen LogP contribution in [0.3, 0.4) is 0 Å². The Morgan fingerprint density at radius 1 is 0.258 bits per heavy atom. The lowest BCUT2D eigenvalue weighted by Gasteiger charge is -2.26. The molecule has 2 nitrogen and oxygen atoms in total. The van der Waals surface area contributed by atoms with Gasteiger partial charge < -0.3 is 9.47 Å². The Hall–Kier alpha value is -8.20. The van der Waals surface area contributed by atoms with Crippen LogP contribution in [0.25, 0.3) is 93.2 Å². The van der Waals surface area contributed by atoms with E-state index in [0.29, 0.717) is 0 Å². The maximum absolute atomic E-state index is 2.42. The Kier molecular flexibility index (Phi) is 8.53. The van der Waals surface area contributed by atoms with Crippen molar-refractivity contribution in [2.24, 2.45) is 0 Å². The molecule has 0 amide bonds. The Morgan fingerprint density at radius 3 is 1.52 bits per heavy atom. The van der Waals surface area contributed by atoms with Crippen molar-refractivity contribution in [1.29, 1.82) is 0 Å². The van der Waals surface area contributed by atoms with Crippen molar-refractivity contribution in [3.05, 3.63) is 243 Å². The van der Waals surface area contributed by atoms with Gasteiger partial charge in [-0.2, -0.15) is 0 Å². The van der Waals surface area contributed by atoms with Gasteiger partial charge in [0, 0.05) is 33.5 Å². The van der Waals surface area contributed by atoms with E-state index in [1.165, 1.54) is 87.5 Å². The number of para-hydroxylation sites is 2. The molecule has 290 valence electrons. The molecule has 0 bridgehead atoms. The number of aromatic nitrogens is 1. The van der Waals surface area contributed by atoms with E-state index in [1.54, 1.807) is 0 Å². The number of nitrogens with zero attached hydrogens (tertiary/aromatic N) is 2. The van der Waals surface area contributed by atoms with E-state index < -0.39 is 0 Å². The van der Waals surface area contributed by atoms with Crippen LogP contribution in [0.15, 0.2) is 243 Å². The van der Waals surface area contributed by atoms with Crippen molar-refractivity contribution in [3.8, 4) is 39.1 Å². The smallest absolute Gasteiger partial charge is 0.0561 e. The molecule has 0 fully saturated rings. The molecule has 0 saturated heterocycles. The molecule has 1 aromatic heterocycles. The van der Waals surface area contributed by atoms with Crippen LogP contribution in [0.2, 0.25) is 0 Å². The summed E-state index contributed by atoms with van der Waals surface area (Å²) in [5.74, 6) is 0. The summed E-state index contributed by atoms with van der Waals surface area (Å²) in [5.41, 5.74) is 14.1. The van der Waals surface area contributed by atoms with Crippen LogP contribution in [0.5, 0.6) is 0 Å². The van der Waals surface area contributed by atoms with Gasteiger partial charge in [0.2, 0.25) is 0 Å². The van der Waals surface area contributed by atoms with Crippen LogP contribution in [0.4, 0.5) is 17.1 Å². The van der Waals surface area contributed by atoms with Gasteiger partial charge in [0.25, 0.3) is 0 Å². The summed E-state index contributed by atoms with van der Waals surface area (Å²) in [6.45, 7) is 0. The van der Waals surface area contributed by atoms with E-state index in [1.807, 2.05) is 0 Å². The molecule has 11 aromatic carbocycles. The number of anilines is 3. The fraction of sp³-hybridized carbons (Fsp3) is 0. The number of hydrogen-bond donors (Lipinski definition) is 0. The third-order valence-corrected chi connectivity index (χ3v) is 12.5. The summed E-state index contributed by atoms with van der Waals surface area (Å²) in [6.07, 6.45) is 0. The van der Waals surface area contributed by atoms with Crippen molar-refractivity contribution in [1.82, 2.24) is 4.57 Å². The van der Waals surface area contributed by atoms with E-state index in [2.05, 4.69) is 252 Å². The quantitative estimate of drug-likeness (QED) is 0.146. The SMILES string of the molecule is c1ccc(-c2c(-c3ccccc3)c3cc(-c4ccc(N(c5ccccc5)c5ccc6c7ccccc7n(-c7ccc8ccccc8c7)c6c5)cc4)ccc3c3ccccc23)cc1. The maximum Gasteiger partial charge on any atom is 0.0561 e. The van der Waals surface area contributed by atoms with Gasteiger partial charge in [0.1, 0.15) is 0 Å². The van der Waals surface area contributed by atoms with Crippen LogP contribution >= 0.6 is 0 Å². The highest BCUT2D eigenvalue weighted by Crippen LogP contribution is 2.46. The Balaban J connectivity index is 1.01. The molecule has 1 heterocycles. The minimum atomic E-state index is 1.09. The van der Waals surface area contributed by atoms with Crippen LogP contribution < -0.4 is 4.90 Å². The molecule has 0 saturated carbocycles. The predicted octanol–water partition coefficient (Wildman–Crippen LogP) is 16.7. The Bertz CT molecular complexity index is 3610. The molecular weight excluding hydrogens is 749 g/mol. The fourth-order valence-electron chi connectivity index (χ4n) is 9.70. The van der Waals surface area contributed by atoms with Gasteiger partial charge >= 0.3 is 0 Å². The van der Waals surface area contributed by atoms with Crippen molar-refractivity contribution < 1.29 is 0 Å². The highest BCUT2D eigenvalue weighted by atomic mass is 15.1. The van der Waals surface area contributed by atoms with E-state index >= 15 is 0 Å². The number of hydrogen-bond acceptors (Lipinski definition) is 1. The number of rotatable bonds is 7. The summed E-state index contributed by atoms with van der Waals surface area (Å²) in [7, 11) is 0. The van der Waals surface area contributed by atoms with Gasteiger partial charge in [-0.1, -0.05) is 182 Å². The number of benzene rings is 11. The van der Waals surface area contributed by atoms with Crippen LogP contribution in [-0.2, 0) is 0 Å². The van der Waals surface area contributed by atoms with Gasteiger partial charge in [-0.05, 0) is 126 Å². The first-order chi connectivity index (χ1) is 30.8. The minimum Gasteiger partial charge on any atom is -0.310 e. The van der Waals surface area contributed by atoms with Crippen molar-refractivity contribution >= 4 is 71.2 Å². The van der Waals surface area contributed by atoms with Gasteiger partial charge in [-0.25, -0.2) is 0 Å². The zero-order chi connectivity index (χ0) is 41.0. The molecule has 0 spiro atoms. The topological polar surface area (TPSA) is 8.17 Å². The molecule has 62 heavy (non-hydrogen) atoms. The van der Waals surface area contributed by atoms with Crippen LogP contribution in [0.1, 0.15) is 0 Å². The lowest BCUT2D eigenvalue weighted by Crippen LogP contribution is -2.10. The zero-order valence-corrected chi connectivity index (χ0v) is 34.0. The highest BCUT2D eigenvalue weighted by molar-refractivity contribution is 6.22. The molecule has 0 aliphatic rings. The van der Waals surface area contributed by atoms with E-state index in [4.69, 9.17) is 0 Å². The highest BCUT2D eigenvalue weighted by Gasteiger charge is 2.20. The molecular formula is C60H40N2. The minimum absolute atomic E-state index is 1.09. The van der Waals surface area contributed by atoms with Crippen molar-refractivity contribution in [2.45, 2.75) is 0 Å². The second kappa shape index (κ2) is 14.8. The third kappa shape index (κ3) is 5.96. The molecule has 0 radical (unpaired) electrons. The zero-order valence-electron chi connectivity index (χ0n) is 34.0. The first-order valence-corrected chi connectivity index (χ1v) is 21.3. The van der Waals surface area contributed by atoms with Gasteiger partial charge in [0.05, 0.1) is 11.0 Å². The monoisotopic (exact) mass is 788 g/mol. The standard InChI is InChI=1S/C60H40N2/c1-4-17-43(18-5-1)59-55-26-13-12-24-51(55)52-36-31-46(39-56(52)60(59)44-19-6-2-7-20-44)42-28-32-48(33-29-42)61(47-22-8-3-9-23-47)50-35-37-54-53-25-14-15-27-57(53)62(58(54)40-50)49-34-30-41-16-10-11-21-45(41)38-49/h1-40H. The second-order valence-electron chi connectivity index (χ2n) is 16.1. The van der Waals surface area contributed by atoms with Crippen LogP contribution in [-0.4, -0.2) is 4.57 Å². The van der Waals surface area contributed by atoms with E-state index in [-0.39, 0.29) is 0 Å². The molecule has 12 aromatic rings. The molecule has 0 N–H and O–H groups in total. The summed E-state index contributed by atoms with van der Waals surface area (Å²) in [6, 6.07) is 88.5. The molecule has 0 atom stereocenters. The predicted molar refractivity (Wildman–Crippen MR) is 264 cm³/mol. The molecule has 2 heteroatoms. The number of fused-ring (bicyclic) bond motifs is 7. The summed E-state index contributed by atoms with van der Waals surface area (Å²) in [4.78, 5) is 2.37. The van der Waals surface area contributed by atoms with Gasteiger partial charge in [-0.3, -0.25) is 0 Å². The van der Waals surface area contributed by atoms with Crippen molar-refractivity contribution in [3.63, 3.8) is 0 Å². The summed E-state index contributed by atoms with van der Waals surface area (Å²) >= 11 is 0. The third-order valence-electron chi connectivity index (χ3n) is 12.5. The van der Waals surface area contributed by atoms with E-state index in [9.17, 15) is 0 Å². The lowest BCUT2D eigenvalue weighted by atomic mass is 9.84.